The summed E-state index contributed by atoms with van der Waals surface area (Å²) in [7, 11) is 0. The fourth-order valence-corrected chi connectivity index (χ4v) is 2.59. The van der Waals surface area contributed by atoms with Crippen LogP contribution in [0.1, 0.15) is 13.8 Å². The summed E-state index contributed by atoms with van der Waals surface area (Å²) >= 11 is 0. The standard InChI is InChI=1S/C13H17FN2O2/c1-8(2)9-6-16(7-10(9)13(17)18)12-3-4-15-5-11(12)14/h3-5,8-10H,6-7H2,1-2H3,(H,17,18)/t9-,10+/m1/s1. The molecule has 98 valence electrons. The van der Waals surface area contributed by atoms with Crippen molar-refractivity contribution in [1.82, 2.24) is 4.98 Å². The summed E-state index contributed by atoms with van der Waals surface area (Å²) in [6.07, 6.45) is 2.69. The molecule has 2 heterocycles. The number of pyridine rings is 1. The molecular formula is C13H17FN2O2. The molecule has 0 saturated carbocycles. The molecule has 1 aliphatic heterocycles. The van der Waals surface area contributed by atoms with Crippen molar-refractivity contribution >= 4 is 11.7 Å². The van der Waals surface area contributed by atoms with Gasteiger partial charge >= 0.3 is 5.97 Å². The molecule has 5 heteroatoms. The molecule has 1 aliphatic rings. The zero-order valence-corrected chi connectivity index (χ0v) is 10.5. The number of hydrogen-bond acceptors (Lipinski definition) is 3. The topological polar surface area (TPSA) is 53.4 Å². The maximum atomic E-state index is 13.6. The Morgan fingerprint density at radius 3 is 2.78 bits per heavy atom. The first-order valence-electron chi connectivity index (χ1n) is 6.08. The van der Waals surface area contributed by atoms with Crippen molar-refractivity contribution in [2.45, 2.75) is 13.8 Å². The highest BCUT2D eigenvalue weighted by Crippen LogP contribution is 2.33. The Labute approximate surface area is 105 Å². The van der Waals surface area contributed by atoms with Crippen LogP contribution in [0.4, 0.5) is 10.1 Å². The molecule has 0 bridgehead atoms. The van der Waals surface area contributed by atoms with Gasteiger partial charge in [-0.1, -0.05) is 13.8 Å². The Hall–Kier alpha value is -1.65. The van der Waals surface area contributed by atoms with Crippen molar-refractivity contribution in [3.63, 3.8) is 0 Å². The summed E-state index contributed by atoms with van der Waals surface area (Å²) < 4.78 is 13.6. The highest BCUT2D eigenvalue weighted by atomic mass is 19.1. The first-order valence-corrected chi connectivity index (χ1v) is 6.08. The van der Waals surface area contributed by atoms with Gasteiger partial charge in [-0.3, -0.25) is 9.78 Å². The van der Waals surface area contributed by atoms with Crippen LogP contribution in [0.2, 0.25) is 0 Å². The minimum Gasteiger partial charge on any atom is -0.481 e. The van der Waals surface area contributed by atoms with Gasteiger partial charge in [0, 0.05) is 19.3 Å². The molecule has 0 amide bonds. The first-order chi connectivity index (χ1) is 8.50. The van der Waals surface area contributed by atoms with Gasteiger partial charge in [-0.05, 0) is 17.9 Å². The Morgan fingerprint density at radius 1 is 1.56 bits per heavy atom. The maximum Gasteiger partial charge on any atom is 0.308 e. The van der Waals surface area contributed by atoms with Crippen molar-refractivity contribution < 1.29 is 14.3 Å². The van der Waals surface area contributed by atoms with Crippen LogP contribution in [0, 0.1) is 23.6 Å². The molecule has 1 fully saturated rings. The highest BCUT2D eigenvalue weighted by molar-refractivity contribution is 5.72. The fraction of sp³-hybridized carbons (Fsp3) is 0.538. The molecule has 1 saturated heterocycles. The normalized spacial score (nSPS) is 23.7. The van der Waals surface area contributed by atoms with E-state index < -0.39 is 17.7 Å². The number of carboxylic acids is 1. The van der Waals surface area contributed by atoms with Gasteiger partial charge in [-0.15, -0.1) is 0 Å². The second-order valence-electron chi connectivity index (χ2n) is 5.08. The van der Waals surface area contributed by atoms with E-state index in [1.54, 1.807) is 11.0 Å². The van der Waals surface area contributed by atoms with Crippen molar-refractivity contribution in [3.8, 4) is 0 Å². The molecule has 0 aliphatic carbocycles. The van der Waals surface area contributed by atoms with Gasteiger partial charge < -0.3 is 10.0 Å². The van der Waals surface area contributed by atoms with Crippen LogP contribution in [0.5, 0.6) is 0 Å². The quantitative estimate of drug-likeness (QED) is 0.894. The number of carbonyl (C=O) groups is 1. The van der Waals surface area contributed by atoms with Crippen LogP contribution in [0.15, 0.2) is 18.5 Å². The molecule has 0 spiro atoms. The van der Waals surface area contributed by atoms with Gasteiger partial charge in [0.05, 0.1) is 17.8 Å². The molecule has 1 N–H and O–H groups in total. The zero-order valence-electron chi connectivity index (χ0n) is 10.5. The number of hydrogen-bond donors (Lipinski definition) is 1. The number of halogens is 1. The second kappa shape index (κ2) is 4.92. The maximum absolute atomic E-state index is 13.6. The minimum atomic E-state index is -0.800. The summed E-state index contributed by atoms with van der Waals surface area (Å²) in [6.45, 7) is 4.95. The number of anilines is 1. The number of rotatable bonds is 3. The third kappa shape index (κ3) is 2.30. The Kier molecular flexibility index (Phi) is 3.50. The zero-order chi connectivity index (χ0) is 13.3. The van der Waals surface area contributed by atoms with E-state index >= 15 is 0 Å². The van der Waals surface area contributed by atoms with E-state index in [1.165, 1.54) is 6.20 Å². The molecule has 2 rings (SSSR count). The van der Waals surface area contributed by atoms with Gasteiger partial charge in [0.1, 0.15) is 0 Å². The lowest BCUT2D eigenvalue weighted by Crippen LogP contribution is -2.25. The number of aromatic nitrogens is 1. The van der Waals surface area contributed by atoms with E-state index in [2.05, 4.69) is 4.98 Å². The van der Waals surface area contributed by atoms with Crippen LogP contribution in [0.3, 0.4) is 0 Å². The first kappa shape index (κ1) is 12.8. The van der Waals surface area contributed by atoms with E-state index in [0.717, 1.165) is 6.20 Å². The predicted molar refractivity (Wildman–Crippen MR) is 65.9 cm³/mol. The Bertz CT molecular complexity index is 450. The molecule has 2 atom stereocenters. The number of nitrogens with zero attached hydrogens (tertiary/aromatic N) is 2. The molecule has 18 heavy (non-hydrogen) atoms. The van der Waals surface area contributed by atoms with Gasteiger partial charge in [0.15, 0.2) is 5.82 Å². The van der Waals surface area contributed by atoms with E-state index in [4.69, 9.17) is 0 Å². The SMILES string of the molecule is CC(C)[C@H]1CN(c2ccncc2F)C[C@@H]1C(=O)O. The Morgan fingerprint density at radius 2 is 2.28 bits per heavy atom. The lowest BCUT2D eigenvalue weighted by molar-refractivity contribution is -0.142. The average molecular weight is 252 g/mol. The van der Waals surface area contributed by atoms with Crippen LogP contribution in [-0.4, -0.2) is 29.1 Å². The van der Waals surface area contributed by atoms with Crippen molar-refractivity contribution in [3.05, 3.63) is 24.3 Å². The smallest absolute Gasteiger partial charge is 0.308 e. The van der Waals surface area contributed by atoms with Gasteiger partial charge in [-0.25, -0.2) is 4.39 Å². The number of carboxylic acid groups (broad SMARTS) is 1. The molecule has 0 radical (unpaired) electrons. The monoisotopic (exact) mass is 252 g/mol. The van der Waals surface area contributed by atoms with E-state index in [0.29, 0.717) is 18.8 Å². The highest BCUT2D eigenvalue weighted by Gasteiger charge is 2.39. The summed E-state index contributed by atoms with van der Waals surface area (Å²) in [6, 6.07) is 1.59. The molecular weight excluding hydrogens is 235 g/mol. The molecule has 1 aromatic heterocycles. The van der Waals surface area contributed by atoms with Gasteiger partial charge in [0.2, 0.25) is 0 Å². The Balaban J connectivity index is 2.24. The molecule has 0 aromatic carbocycles. The predicted octanol–water partition coefficient (Wildman–Crippen LogP) is 2.01. The third-order valence-electron chi connectivity index (χ3n) is 3.63. The van der Waals surface area contributed by atoms with Crippen molar-refractivity contribution in [2.75, 3.05) is 18.0 Å². The van der Waals surface area contributed by atoms with Crippen molar-refractivity contribution in [2.24, 2.45) is 17.8 Å². The lowest BCUT2D eigenvalue weighted by atomic mass is 9.86. The second-order valence-corrected chi connectivity index (χ2v) is 5.08. The van der Waals surface area contributed by atoms with Crippen LogP contribution in [0.25, 0.3) is 0 Å². The van der Waals surface area contributed by atoms with E-state index in [9.17, 15) is 14.3 Å². The molecule has 1 aromatic rings. The summed E-state index contributed by atoms with van der Waals surface area (Å²) in [4.78, 5) is 16.8. The van der Waals surface area contributed by atoms with Gasteiger partial charge in [0.25, 0.3) is 0 Å². The summed E-state index contributed by atoms with van der Waals surface area (Å²) in [5.41, 5.74) is 0.444. The summed E-state index contributed by atoms with van der Waals surface area (Å²) in [5, 5.41) is 9.23. The number of aliphatic carboxylic acids is 1. The largest absolute Gasteiger partial charge is 0.481 e. The fourth-order valence-electron chi connectivity index (χ4n) is 2.59. The van der Waals surface area contributed by atoms with Crippen LogP contribution in [-0.2, 0) is 4.79 Å². The van der Waals surface area contributed by atoms with Crippen molar-refractivity contribution in [1.29, 1.82) is 0 Å². The molecule has 0 unspecified atom stereocenters. The van der Waals surface area contributed by atoms with Gasteiger partial charge in [-0.2, -0.15) is 0 Å². The van der Waals surface area contributed by atoms with E-state index in [-0.39, 0.29) is 11.8 Å². The lowest BCUT2D eigenvalue weighted by Gasteiger charge is -2.20. The molecule has 4 nitrogen and oxygen atoms in total. The third-order valence-corrected chi connectivity index (χ3v) is 3.63. The van der Waals surface area contributed by atoms with E-state index in [1.807, 2.05) is 13.8 Å². The van der Waals surface area contributed by atoms with Crippen LogP contribution >= 0.6 is 0 Å². The summed E-state index contributed by atoms with van der Waals surface area (Å²) in [5.74, 6) is -1.31. The average Bonchev–Trinajstić information content (AvgIpc) is 2.74. The minimum absolute atomic E-state index is 0.0510. The van der Waals surface area contributed by atoms with Crippen LogP contribution < -0.4 is 4.90 Å².